The number of hydrogen-bond acceptors (Lipinski definition) is 2. The lowest BCUT2D eigenvalue weighted by Crippen LogP contribution is -2.42. The molecule has 0 saturated heterocycles. The lowest BCUT2D eigenvalue weighted by Gasteiger charge is -2.34. The SMILES string of the molecule is CCC(C)N(CCCN(C)C(=O)C(c1ccccc1)c1ccccc1)C(C)CC. The number of amides is 1. The summed E-state index contributed by atoms with van der Waals surface area (Å²) in [4.78, 5) is 17.9. The summed E-state index contributed by atoms with van der Waals surface area (Å²) in [6, 6.07) is 21.4. The smallest absolute Gasteiger partial charge is 0.234 e. The molecule has 3 nitrogen and oxygen atoms in total. The van der Waals surface area contributed by atoms with Crippen molar-refractivity contribution < 1.29 is 4.79 Å². The van der Waals surface area contributed by atoms with Crippen molar-refractivity contribution in [3.05, 3.63) is 71.8 Å². The highest BCUT2D eigenvalue weighted by Gasteiger charge is 2.26. The number of rotatable bonds is 11. The van der Waals surface area contributed by atoms with E-state index in [0.717, 1.165) is 43.5 Å². The van der Waals surface area contributed by atoms with Gasteiger partial charge in [-0.1, -0.05) is 74.5 Å². The van der Waals surface area contributed by atoms with Crippen LogP contribution in [0, 0.1) is 0 Å². The summed E-state index contributed by atoms with van der Waals surface area (Å²) in [5.74, 6) is -0.0799. The number of likely N-dealkylation sites (N-methyl/N-ethyl adjacent to an activating group) is 1. The molecule has 3 heteroatoms. The Bertz CT molecular complexity index is 667. The van der Waals surface area contributed by atoms with Gasteiger partial charge in [0.2, 0.25) is 5.91 Å². The van der Waals surface area contributed by atoms with Crippen molar-refractivity contribution >= 4 is 5.91 Å². The van der Waals surface area contributed by atoms with Gasteiger partial charge in [-0.2, -0.15) is 0 Å². The molecule has 2 aromatic rings. The molecule has 0 N–H and O–H groups in total. The minimum Gasteiger partial charge on any atom is -0.345 e. The molecular formula is C26H38N2O. The zero-order valence-electron chi connectivity index (χ0n) is 18.8. The summed E-state index contributed by atoms with van der Waals surface area (Å²) in [6.45, 7) is 10.9. The Morgan fingerprint density at radius 2 is 1.24 bits per heavy atom. The summed E-state index contributed by atoms with van der Waals surface area (Å²) in [7, 11) is 1.94. The second-order valence-corrected chi connectivity index (χ2v) is 8.12. The maximum atomic E-state index is 13.4. The third-order valence-electron chi connectivity index (χ3n) is 6.11. The molecule has 0 aliphatic carbocycles. The normalized spacial score (nSPS) is 13.5. The van der Waals surface area contributed by atoms with Crippen molar-refractivity contribution in [3.8, 4) is 0 Å². The van der Waals surface area contributed by atoms with E-state index in [-0.39, 0.29) is 11.8 Å². The number of benzene rings is 2. The molecule has 0 saturated carbocycles. The standard InChI is InChI=1S/C26H38N2O/c1-6-21(3)28(22(4)7-2)20-14-19-27(5)26(29)25(23-15-10-8-11-16-23)24-17-12-9-13-18-24/h8-13,15-18,21-22,25H,6-7,14,19-20H2,1-5H3. The Kier molecular flexibility index (Phi) is 9.40. The molecule has 0 bridgehead atoms. The Labute approximate surface area is 177 Å². The van der Waals surface area contributed by atoms with E-state index in [2.05, 4.69) is 56.9 Å². The predicted octanol–water partition coefficient (Wildman–Crippen LogP) is 5.57. The maximum absolute atomic E-state index is 13.4. The Morgan fingerprint density at radius 1 is 0.793 bits per heavy atom. The number of carbonyl (C=O) groups is 1. The van der Waals surface area contributed by atoms with E-state index in [9.17, 15) is 4.79 Å². The van der Waals surface area contributed by atoms with Gasteiger partial charge in [-0.15, -0.1) is 0 Å². The van der Waals surface area contributed by atoms with E-state index in [1.165, 1.54) is 0 Å². The van der Waals surface area contributed by atoms with Gasteiger partial charge < -0.3 is 4.90 Å². The van der Waals surface area contributed by atoms with Gasteiger partial charge in [0.1, 0.15) is 0 Å². The molecule has 29 heavy (non-hydrogen) atoms. The summed E-state index contributed by atoms with van der Waals surface area (Å²) < 4.78 is 0. The molecule has 0 aliphatic rings. The van der Waals surface area contributed by atoms with Crippen LogP contribution < -0.4 is 0 Å². The van der Waals surface area contributed by atoms with Gasteiger partial charge >= 0.3 is 0 Å². The maximum Gasteiger partial charge on any atom is 0.234 e. The highest BCUT2D eigenvalue weighted by atomic mass is 16.2. The first-order valence-corrected chi connectivity index (χ1v) is 11.1. The molecule has 0 aromatic heterocycles. The fraction of sp³-hybridized carbons (Fsp3) is 0.500. The minimum absolute atomic E-state index is 0.168. The average molecular weight is 395 g/mol. The summed E-state index contributed by atoms with van der Waals surface area (Å²) in [5.41, 5.74) is 2.10. The van der Waals surface area contributed by atoms with Crippen molar-refractivity contribution in [2.75, 3.05) is 20.1 Å². The van der Waals surface area contributed by atoms with Crippen LogP contribution in [0.5, 0.6) is 0 Å². The van der Waals surface area contributed by atoms with Crippen LogP contribution in [0.2, 0.25) is 0 Å². The molecule has 0 fully saturated rings. The summed E-state index contributed by atoms with van der Waals surface area (Å²) >= 11 is 0. The molecule has 0 spiro atoms. The minimum atomic E-state index is -0.248. The van der Waals surface area contributed by atoms with Crippen LogP contribution in [0.4, 0.5) is 0 Å². The lowest BCUT2D eigenvalue weighted by molar-refractivity contribution is -0.130. The van der Waals surface area contributed by atoms with Crippen LogP contribution >= 0.6 is 0 Å². The van der Waals surface area contributed by atoms with Crippen LogP contribution in [-0.4, -0.2) is 47.9 Å². The first-order chi connectivity index (χ1) is 14.0. The quantitative estimate of drug-likeness (QED) is 0.498. The monoisotopic (exact) mass is 394 g/mol. The first kappa shape index (κ1) is 23.2. The summed E-state index contributed by atoms with van der Waals surface area (Å²) in [5, 5.41) is 0. The van der Waals surface area contributed by atoms with Crippen molar-refractivity contribution in [1.29, 1.82) is 0 Å². The fourth-order valence-corrected chi connectivity index (χ4v) is 3.93. The van der Waals surface area contributed by atoms with Crippen LogP contribution in [-0.2, 0) is 4.79 Å². The highest BCUT2D eigenvalue weighted by Crippen LogP contribution is 2.26. The number of nitrogens with zero attached hydrogens (tertiary/aromatic N) is 2. The van der Waals surface area contributed by atoms with Crippen LogP contribution in [0.1, 0.15) is 64.0 Å². The van der Waals surface area contributed by atoms with Crippen LogP contribution in [0.15, 0.2) is 60.7 Å². The highest BCUT2D eigenvalue weighted by molar-refractivity contribution is 5.87. The van der Waals surface area contributed by atoms with E-state index < -0.39 is 0 Å². The largest absolute Gasteiger partial charge is 0.345 e. The van der Waals surface area contributed by atoms with E-state index in [0.29, 0.717) is 12.1 Å². The molecule has 0 aliphatic heterocycles. The topological polar surface area (TPSA) is 23.6 Å². The molecular weight excluding hydrogens is 356 g/mol. The number of carbonyl (C=O) groups excluding carboxylic acids is 1. The van der Waals surface area contributed by atoms with Crippen LogP contribution in [0.3, 0.4) is 0 Å². The van der Waals surface area contributed by atoms with Gasteiger partial charge in [-0.05, 0) is 44.2 Å². The zero-order valence-corrected chi connectivity index (χ0v) is 18.8. The third-order valence-corrected chi connectivity index (χ3v) is 6.11. The van der Waals surface area contributed by atoms with Gasteiger partial charge in [0.05, 0.1) is 5.92 Å². The van der Waals surface area contributed by atoms with E-state index in [1.807, 2.05) is 48.3 Å². The fourth-order valence-electron chi connectivity index (χ4n) is 3.93. The first-order valence-electron chi connectivity index (χ1n) is 11.1. The molecule has 0 radical (unpaired) electrons. The van der Waals surface area contributed by atoms with Crippen molar-refractivity contribution in [3.63, 3.8) is 0 Å². The molecule has 2 unspecified atom stereocenters. The average Bonchev–Trinajstić information content (AvgIpc) is 2.77. The van der Waals surface area contributed by atoms with Gasteiger partial charge in [0.25, 0.3) is 0 Å². The van der Waals surface area contributed by atoms with E-state index in [4.69, 9.17) is 0 Å². The second kappa shape index (κ2) is 11.8. The van der Waals surface area contributed by atoms with Crippen molar-refractivity contribution in [2.24, 2.45) is 0 Å². The van der Waals surface area contributed by atoms with Crippen LogP contribution in [0.25, 0.3) is 0 Å². The predicted molar refractivity (Wildman–Crippen MR) is 123 cm³/mol. The van der Waals surface area contributed by atoms with Gasteiger partial charge in [0.15, 0.2) is 0 Å². The molecule has 1 amide bonds. The van der Waals surface area contributed by atoms with Gasteiger partial charge in [-0.3, -0.25) is 9.69 Å². The zero-order chi connectivity index (χ0) is 21.2. The van der Waals surface area contributed by atoms with Crippen molar-refractivity contribution in [1.82, 2.24) is 9.80 Å². The Balaban J connectivity index is 2.07. The Morgan fingerprint density at radius 3 is 1.66 bits per heavy atom. The summed E-state index contributed by atoms with van der Waals surface area (Å²) in [6.07, 6.45) is 3.31. The molecule has 0 heterocycles. The van der Waals surface area contributed by atoms with Gasteiger partial charge in [-0.25, -0.2) is 0 Å². The third kappa shape index (κ3) is 6.43. The second-order valence-electron chi connectivity index (χ2n) is 8.12. The van der Waals surface area contributed by atoms with E-state index in [1.54, 1.807) is 0 Å². The molecule has 158 valence electrons. The molecule has 2 aromatic carbocycles. The molecule has 2 rings (SSSR count). The Hall–Kier alpha value is -2.13. The van der Waals surface area contributed by atoms with E-state index >= 15 is 0 Å². The number of hydrogen-bond donors (Lipinski definition) is 0. The van der Waals surface area contributed by atoms with Crippen molar-refractivity contribution in [2.45, 2.75) is 65.0 Å². The van der Waals surface area contributed by atoms with Gasteiger partial charge in [0, 0.05) is 32.2 Å². The molecule has 2 atom stereocenters. The lowest BCUT2D eigenvalue weighted by atomic mass is 9.90.